The Labute approximate surface area is 98.7 Å². The lowest BCUT2D eigenvalue weighted by Gasteiger charge is -2.11. The van der Waals surface area contributed by atoms with Gasteiger partial charge in [0.2, 0.25) is 0 Å². The van der Waals surface area contributed by atoms with Crippen molar-refractivity contribution in [2.24, 2.45) is 0 Å². The Morgan fingerprint density at radius 2 is 1.93 bits per heavy atom. The van der Waals surface area contributed by atoms with Crippen molar-refractivity contribution in [2.45, 2.75) is 6.36 Å². The first kappa shape index (κ1) is 12.1. The van der Waals surface area contributed by atoms with E-state index in [1.807, 2.05) is 0 Å². The highest BCUT2D eigenvalue weighted by Gasteiger charge is 2.33. The Morgan fingerprint density at radius 3 is 2.36 bits per heavy atom. The van der Waals surface area contributed by atoms with E-state index < -0.39 is 12.1 Å². The molecule has 1 aromatic heterocycles. The average Bonchev–Trinajstić information content (AvgIpc) is 1.95. The number of aromatic nitrogens is 1. The minimum absolute atomic E-state index is 0.0710. The van der Waals surface area contributed by atoms with Crippen molar-refractivity contribution >= 4 is 43.5 Å². The summed E-state index contributed by atoms with van der Waals surface area (Å²) in [4.78, 5) is 3.55. The molecule has 8 heteroatoms. The molecule has 0 spiro atoms. The summed E-state index contributed by atoms with van der Waals surface area (Å²) in [5, 5.41) is -0.372. The fraction of sp³-hybridized carbons (Fsp3) is 0.167. The van der Waals surface area contributed by atoms with Gasteiger partial charge in [0.25, 0.3) is 0 Å². The van der Waals surface area contributed by atoms with Crippen LogP contribution in [0.3, 0.4) is 0 Å². The molecule has 0 amide bonds. The number of hydrogen-bond acceptors (Lipinski definition) is 2. The highest BCUT2D eigenvalue weighted by molar-refractivity contribution is 9.11. The Bertz CT molecular complexity index is 334. The third-order valence-electron chi connectivity index (χ3n) is 1.07. The van der Waals surface area contributed by atoms with Crippen LogP contribution in [-0.2, 0) is 0 Å². The fourth-order valence-corrected chi connectivity index (χ4v) is 2.30. The molecule has 0 aliphatic rings. The lowest BCUT2D eigenvalue weighted by molar-refractivity contribution is -0.275. The molecule has 0 bridgehead atoms. The molecule has 0 aliphatic heterocycles. The molecule has 0 aliphatic carbocycles. The number of halogens is 6. The van der Waals surface area contributed by atoms with Crippen molar-refractivity contribution in [1.29, 1.82) is 0 Å². The van der Waals surface area contributed by atoms with Gasteiger partial charge in [-0.05, 0) is 37.9 Å². The summed E-state index contributed by atoms with van der Waals surface area (Å²) in [6.07, 6.45) is -4.79. The van der Waals surface area contributed by atoms with E-state index in [4.69, 9.17) is 11.6 Å². The van der Waals surface area contributed by atoms with Gasteiger partial charge in [-0.1, -0.05) is 11.6 Å². The van der Waals surface area contributed by atoms with E-state index in [9.17, 15) is 13.2 Å². The van der Waals surface area contributed by atoms with Crippen LogP contribution in [0.5, 0.6) is 5.75 Å². The first-order valence-corrected chi connectivity index (χ1v) is 5.03. The van der Waals surface area contributed by atoms with Crippen molar-refractivity contribution in [2.75, 3.05) is 0 Å². The Kier molecular flexibility index (Phi) is 3.65. The van der Waals surface area contributed by atoms with Crippen LogP contribution in [-0.4, -0.2) is 11.3 Å². The minimum Gasteiger partial charge on any atom is -0.401 e. The monoisotopic (exact) mass is 353 g/mol. The molecule has 2 nitrogen and oxygen atoms in total. The summed E-state index contributed by atoms with van der Waals surface area (Å²) < 4.78 is 39.6. The van der Waals surface area contributed by atoms with Gasteiger partial charge < -0.3 is 4.74 Å². The third kappa shape index (κ3) is 3.29. The molecule has 0 atom stereocenters. The van der Waals surface area contributed by atoms with Gasteiger partial charge in [0.1, 0.15) is 4.60 Å². The average molecular weight is 355 g/mol. The Balaban J connectivity index is 3.09. The van der Waals surface area contributed by atoms with E-state index in [1.54, 1.807) is 0 Å². The summed E-state index contributed by atoms with van der Waals surface area (Å²) in [6.45, 7) is 0. The smallest absolute Gasteiger partial charge is 0.401 e. The van der Waals surface area contributed by atoms with Crippen LogP contribution in [0.4, 0.5) is 13.2 Å². The van der Waals surface area contributed by atoms with E-state index in [1.165, 1.54) is 6.07 Å². The molecule has 1 heterocycles. The van der Waals surface area contributed by atoms with E-state index >= 15 is 0 Å². The molecule has 1 rings (SSSR count). The highest BCUT2D eigenvalue weighted by Crippen LogP contribution is 2.36. The predicted octanol–water partition coefficient (Wildman–Crippen LogP) is 4.16. The quantitative estimate of drug-likeness (QED) is 0.706. The maximum Gasteiger partial charge on any atom is 0.573 e. The zero-order chi connectivity index (χ0) is 10.9. The normalized spacial score (nSPS) is 11.6. The summed E-state index contributed by atoms with van der Waals surface area (Å²) in [5.74, 6) is -0.553. The second-order valence-electron chi connectivity index (χ2n) is 2.09. The standard InChI is InChI=1S/C6HBr2ClF3NO/c7-2-1-3(8)13-5(9)4(2)14-6(10,11)12/h1H. The number of alkyl halides is 3. The number of ether oxygens (including phenoxy) is 1. The summed E-state index contributed by atoms with van der Waals surface area (Å²) in [5.41, 5.74) is 0. The third-order valence-corrected chi connectivity index (χ3v) is 2.32. The lowest BCUT2D eigenvalue weighted by atomic mass is 10.5. The van der Waals surface area contributed by atoms with E-state index in [2.05, 4.69) is 41.6 Å². The van der Waals surface area contributed by atoms with Gasteiger partial charge in [-0.15, -0.1) is 13.2 Å². The Hall–Kier alpha value is -0.0100. The number of rotatable bonds is 1. The van der Waals surface area contributed by atoms with Gasteiger partial charge in [0.05, 0.1) is 4.47 Å². The largest absolute Gasteiger partial charge is 0.573 e. The summed E-state index contributed by atoms with van der Waals surface area (Å²) >= 11 is 11.3. The Morgan fingerprint density at radius 1 is 1.36 bits per heavy atom. The summed E-state index contributed by atoms with van der Waals surface area (Å²) in [6, 6.07) is 1.30. The number of hydrogen-bond donors (Lipinski definition) is 0. The molecule has 0 unspecified atom stereocenters. The van der Waals surface area contributed by atoms with Crippen molar-refractivity contribution in [1.82, 2.24) is 4.98 Å². The lowest BCUT2D eigenvalue weighted by Crippen LogP contribution is -2.18. The maximum atomic E-state index is 11.9. The van der Waals surface area contributed by atoms with Gasteiger partial charge in [-0.3, -0.25) is 0 Å². The van der Waals surface area contributed by atoms with E-state index in [-0.39, 0.29) is 9.63 Å². The van der Waals surface area contributed by atoms with E-state index in [0.717, 1.165) is 0 Å². The maximum absolute atomic E-state index is 11.9. The first-order valence-electron chi connectivity index (χ1n) is 3.07. The van der Waals surface area contributed by atoms with Crippen molar-refractivity contribution in [3.8, 4) is 5.75 Å². The van der Waals surface area contributed by atoms with Crippen LogP contribution in [0.15, 0.2) is 15.1 Å². The second kappa shape index (κ2) is 4.24. The molecule has 1 aromatic rings. The van der Waals surface area contributed by atoms with Gasteiger partial charge in [0.15, 0.2) is 10.9 Å². The zero-order valence-corrected chi connectivity index (χ0v) is 10.1. The van der Waals surface area contributed by atoms with Gasteiger partial charge in [-0.2, -0.15) is 0 Å². The van der Waals surface area contributed by atoms with Gasteiger partial charge in [0, 0.05) is 0 Å². The molecular weight excluding hydrogens is 354 g/mol. The molecule has 0 fully saturated rings. The number of nitrogens with zero attached hydrogens (tertiary/aromatic N) is 1. The summed E-state index contributed by atoms with van der Waals surface area (Å²) in [7, 11) is 0. The molecule has 14 heavy (non-hydrogen) atoms. The fourth-order valence-electron chi connectivity index (χ4n) is 0.652. The van der Waals surface area contributed by atoms with Gasteiger partial charge >= 0.3 is 6.36 Å². The van der Waals surface area contributed by atoms with Crippen LogP contribution in [0, 0.1) is 0 Å². The van der Waals surface area contributed by atoms with Gasteiger partial charge in [-0.25, -0.2) is 4.98 Å². The van der Waals surface area contributed by atoms with Crippen molar-refractivity contribution in [3.63, 3.8) is 0 Å². The molecular formula is C6HBr2ClF3NO. The first-order chi connectivity index (χ1) is 6.29. The topological polar surface area (TPSA) is 22.1 Å². The van der Waals surface area contributed by atoms with Crippen LogP contribution in [0.2, 0.25) is 5.15 Å². The molecule has 0 N–H and O–H groups in total. The molecule has 0 saturated carbocycles. The SMILES string of the molecule is FC(F)(F)Oc1c(Br)cc(Br)nc1Cl. The second-order valence-corrected chi connectivity index (χ2v) is 4.12. The minimum atomic E-state index is -4.79. The van der Waals surface area contributed by atoms with Crippen LogP contribution in [0.25, 0.3) is 0 Å². The number of pyridine rings is 1. The van der Waals surface area contributed by atoms with Crippen LogP contribution < -0.4 is 4.74 Å². The van der Waals surface area contributed by atoms with E-state index in [0.29, 0.717) is 4.60 Å². The molecule has 0 aromatic carbocycles. The van der Waals surface area contributed by atoms with Crippen LogP contribution in [0.1, 0.15) is 0 Å². The van der Waals surface area contributed by atoms with Crippen LogP contribution >= 0.6 is 43.5 Å². The highest BCUT2D eigenvalue weighted by atomic mass is 79.9. The molecule has 0 radical (unpaired) electrons. The zero-order valence-electron chi connectivity index (χ0n) is 6.20. The predicted molar refractivity (Wildman–Crippen MR) is 51.3 cm³/mol. The van der Waals surface area contributed by atoms with Crippen molar-refractivity contribution in [3.05, 3.63) is 20.3 Å². The molecule has 78 valence electrons. The molecule has 0 saturated heterocycles. The van der Waals surface area contributed by atoms with Crippen molar-refractivity contribution < 1.29 is 17.9 Å².